The highest BCUT2D eigenvalue weighted by Gasteiger charge is 2.43. The van der Waals surface area contributed by atoms with Crippen molar-refractivity contribution in [3.05, 3.63) is 0 Å². The Labute approximate surface area is 223 Å². The Hall–Kier alpha value is -3.22. The largest absolute Gasteiger partial charge is 0.359 e. The van der Waals surface area contributed by atoms with Gasteiger partial charge in [0.25, 0.3) is 5.91 Å². The monoisotopic (exact) mass is 534 g/mol. The van der Waals surface area contributed by atoms with Crippen molar-refractivity contribution in [2.45, 2.75) is 89.3 Å². The lowest BCUT2D eigenvalue weighted by Crippen LogP contribution is -2.63. The number of carbonyl (C=O) groups excluding carboxylic acids is 5. The van der Waals surface area contributed by atoms with E-state index in [9.17, 15) is 24.0 Å². The molecule has 1 saturated carbocycles. The molecule has 3 rings (SSSR count). The fourth-order valence-corrected chi connectivity index (χ4v) is 5.36. The van der Waals surface area contributed by atoms with Gasteiger partial charge in [0, 0.05) is 38.7 Å². The van der Waals surface area contributed by atoms with E-state index in [1.54, 1.807) is 7.05 Å². The molecule has 3 fully saturated rings. The van der Waals surface area contributed by atoms with Gasteiger partial charge in [0.15, 0.2) is 0 Å². The highest BCUT2D eigenvalue weighted by atomic mass is 16.2. The van der Waals surface area contributed by atoms with E-state index in [0.717, 1.165) is 32.1 Å². The number of hydrogen-bond donors (Lipinski definition) is 5. The summed E-state index contributed by atoms with van der Waals surface area (Å²) in [5, 5.41) is 15.0. The molecule has 38 heavy (non-hydrogen) atoms. The van der Waals surface area contributed by atoms with Gasteiger partial charge in [0.05, 0.1) is 12.1 Å². The molecule has 6 N–H and O–H groups in total. The van der Waals surface area contributed by atoms with Gasteiger partial charge < -0.3 is 21.7 Å². The van der Waals surface area contributed by atoms with Crippen molar-refractivity contribution >= 4 is 35.9 Å². The molecular weight excluding hydrogens is 492 g/mol. The van der Waals surface area contributed by atoms with Crippen molar-refractivity contribution in [2.75, 3.05) is 20.1 Å². The van der Waals surface area contributed by atoms with Gasteiger partial charge in [-0.05, 0) is 57.3 Å². The second kappa shape index (κ2) is 14.1. The third-order valence-electron chi connectivity index (χ3n) is 7.57. The predicted octanol–water partition coefficient (Wildman–Crippen LogP) is -0.0356. The Kier molecular flexibility index (Phi) is 10.9. The van der Waals surface area contributed by atoms with Crippen LogP contribution >= 0.6 is 0 Å². The van der Waals surface area contributed by atoms with Crippen LogP contribution in [0.15, 0.2) is 5.10 Å². The number of amides is 6. The van der Waals surface area contributed by atoms with Crippen molar-refractivity contribution in [1.82, 2.24) is 31.4 Å². The minimum Gasteiger partial charge on any atom is -0.359 e. The molecule has 0 bridgehead atoms. The molecule has 6 amide bonds. The third-order valence-corrected chi connectivity index (χ3v) is 7.57. The molecule has 0 unspecified atom stereocenters. The average molecular weight is 535 g/mol. The van der Waals surface area contributed by atoms with Crippen LogP contribution in [0, 0.1) is 11.8 Å². The number of hydrazone groups is 1. The highest BCUT2D eigenvalue weighted by Crippen LogP contribution is 2.28. The Morgan fingerprint density at radius 1 is 1.11 bits per heavy atom. The standard InChI is InChI=1S/C25H42N8O5/c1-3-5-18(15-29-31-25(38)28-14-16-7-9-17(10-8-16)22(35)27-2)30-23(36)20-6-4-13-32-21(34)12-11-19(26)24(37)33(20)32/h15-20H,3-14,26H2,1-2H3,(H,27,35)(H,30,36)(H2,28,31,38)/b29-15+/t16?,17?,18-,19-,20-/m0/s1. The summed E-state index contributed by atoms with van der Waals surface area (Å²) in [6.45, 7) is 2.85. The number of fused-ring (bicyclic) bond motifs is 1. The molecule has 13 nitrogen and oxygen atoms in total. The van der Waals surface area contributed by atoms with E-state index < -0.39 is 30.1 Å². The number of hydrogen-bond acceptors (Lipinski definition) is 7. The van der Waals surface area contributed by atoms with E-state index in [1.807, 2.05) is 6.92 Å². The number of nitrogens with zero attached hydrogens (tertiary/aromatic N) is 3. The summed E-state index contributed by atoms with van der Waals surface area (Å²) in [7, 11) is 1.65. The number of urea groups is 1. The fraction of sp³-hybridized carbons (Fsp3) is 0.760. The molecule has 212 valence electrons. The summed E-state index contributed by atoms with van der Waals surface area (Å²) in [6.07, 6.45) is 7.64. The van der Waals surface area contributed by atoms with Crippen LogP contribution in [0.1, 0.15) is 71.1 Å². The van der Waals surface area contributed by atoms with Gasteiger partial charge in [0.2, 0.25) is 17.7 Å². The lowest BCUT2D eigenvalue weighted by molar-refractivity contribution is -0.175. The first-order valence-corrected chi connectivity index (χ1v) is 13.7. The Morgan fingerprint density at radius 2 is 1.84 bits per heavy atom. The molecule has 0 aromatic heterocycles. The maximum Gasteiger partial charge on any atom is 0.335 e. The lowest BCUT2D eigenvalue weighted by Gasteiger charge is -2.42. The maximum atomic E-state index is 13.2. The smallest absolute Gasteiger partial charge is 0.335 e. The van der Waals surface area contributed by atoms with Crippen LogP contribution in [0.2, 0.25) is 0 Å². The van der Waals surface area contributed by atoms with Gasteiger partial charge in [-0.25, -0.2) is 15.2 Å². The highest BCUT2D eigenvalue weighted by molar-refractivity contribution is 5.94. The van der Waals surface area contributed by atoms with Crippen LogP contribution < -0.4 is 27.1 Å². The van der Waals surface area contributed by atoms with Gasteiger partial charge >= 0.3 is 6.03 Å². The summed E-state index contributed by atoms with van der Waals surface area (Å²) in [5.41, 5.74) is 8.41. The van der Waals surface area contributed by atoms with Crippen LogP contribution in [0.25, 0.3) is 0 Å². The van der Waals surface area contributed by atoms with Gasteiger partial charge in [-0.3, -0.25) is 24.2 Å². The second-order valence-corrected chi connectivity index (χ2v) is 10.3. The molecule has 0 radical (unpaired) electrons. The minimum atomic E-state index is -0.827. The topological polar surface area (TPSA) is 178 Å². The molecular formula is C25H42N8O5. The van der Waals surface area contributed by atoms with Crippen LogP contribution in [-0.2, 0) is 19.2 Å². The molecule has 2 heterocycles. The van der Waals surface area contributed by atoms with E-state index in [-0.39, 0.29) is 36.5 Å². The molecule has 3 aliphatic rings. The predicted molar refractivity (Wildman–Crippen MR) is 140 cm³/mol. The molecule has 0 spiro atoms. The number of rotatable bonds is 9. The molecule has 1 aliphatic carbocycles. The zero-order valence-electron chi connectivity index (χ0n) is 22.4. The Bertz CT molecular complexity index is 904. The second-order valence-electron chi connectivity index (χ2n) is 10.3. The van der Waals surface area contributed by atoms with E-state index in [0.29, 0.717) is 38.3 Å². The summed E-state index contributed by atoms with van der Waals surface area (Å²) >= 11 is 0. The van der Waals surface area contributed by atoms with Crippen molar-refractivity contribution in [2.24, 2.45) is 22.7 Å². The summed E-state index contributed by atoms with van der Waals surface area (Å²) in [5.74, 6) is -0.567. The first-order valence-electron chi connectivity index (χ1n) is 13.7. The lowest BCUT2D eigenvalue weighted by atomic mass is 9.81. The van der Waals surface area contributed by atoms with Gasteiger partial charge in [-0.1, -0.05) is 13.3 Å². The molecule has 3 atom stereocenters. The van der Waals surface area contributed by atoms with Gasteiger partial charge in [-0.15, -0.1) is 0 Å². The molecule has 0 aromatic rings. The zero-order chi connectivity index (χ0) is 27.7. The minimum absolute atomic E-state index is 0.0479. The average Bonchev–Trinajstić information content (AvgIpc) is 3.03. The van der Waals surface area contributed by atoms with Crippen LogP contribution in [-0.4, -0.2) is 84.2 Å². The van der Waals surface area contributed by atoms with Crippen LogP contribution in [0.3, 0.4) is 0 Å². The van der Waals surface area contributed by atoms with E-state index >= 15 is 0 Å². The molecule has 13 heteroatoms. The van der Waals surface area contributed by atoms with E-state index in [4.69, 9.17) is 5.73 Å². The van der Waals surface area contributed by atoms with Crippen molar-refractivity contribution in [3.63, 3.8) is 0 Å². The first-order chi connectivity index (χ1) is 18.2. The van der Waals surface area contributed by atoms with E-state index in [2.05, 4.69) is 26.5 Å². The Balaban J connectivity index is 1.49. The fourth-order valence-electron chi connectivity index (χ4n) is 5.36. The molecule has 2 saturated heterocycles. The number of nitrogens with one attached hydrogen (secondary N) is 4. The summed E-state index contributed by atoms with van der Waals surface area (Å²) in [4.78, 5) is 62.6. The SMILES string of the molecule is CCC[C@@H](/C=N/NC(=O)NCC1CCC(C(=O)NC)CC1)NC(=O)[C@@H]1CCCN2C(=O)CC[C@H](N)C(=O)N12. The van der Waals surface area contributed by atoms with Gasteiger partial charge in [0.1, 0.15) is 6.04 Å². The number of carbonyl (C=O) groups is 5. The normalized spacial score (nSPS) is 26.8. The van der Waals surface area contributed by atoms with Crippen molar-refractivity contribution in [3.8, 4) is 0 Å². The molecule has 2 aliphatic heterocycles. The number of nitrogens with two attached hydrogens (primary N) is 1. The molecule has 0 aromatic carbocycles. The van der Waals surface area contributed by atoms with E-state index in [1.165, 1.54) is 16.2 Å². The third kappa shape index (κ3) is 7.65. The summed E-state index contributed by atoms with van der Waals surface area (Å²) < 4.78 is 0. The quantitative estimate of drug-likeness (QED) is 0.205. The van der Waals surface area contributed by atoms with Crippen molar-refractivity contribution in [1.29, 1.82) is 0 Å². The Morgan fingerprint density at radius 3 is 2.53 bits per heavy atom. The maximum absolute atomic E-state index is 13.2. The van der Waals surface area contributed by atoms with Crippen molar-refractivity contribution < 1.29 is 24.0 Å². The first kappa shape index (κ1) is 29.3. The number of hydrazine groups is 1. The zero-order valence-corrected chi connectivity index (χ0v) is 22.4. The van der Waals surface area contributed by atoms with Crippen LogP contribution in [0.5, 0.6) is 0 Å². The van der Waals surface area contributed by atoms with Gasteiger partial charge in [-0.2, -0.15) is 5.10 Å². The van der Waals surface area contributed by atoms with Crippen LogP contribution in [0.4, 0.5) is 4.79 Å². The summed E-state index contributed by atoms with van der Waals surface area (Å²) in [6, 6.07) is -2.55.